The molecular formula is C17H31IN4O3S. The third kappa shape index (κ3) is 10.9. The fourth-order valence-electron chi connectivity index (χ4n) is 2.00. The first-order chi connectivity index (χ1) is 11.8. The molecule has 0 aliphatic rings. The van der Waals surface area contributed by atoms with Crippen molar-refractivity contribution in [3.8, 4) is 0 Å². The number of aliphatic imine (C=N–C) groups is 1. The van der Waals surface area contributed by atoms with Gasteiger partial charge in [-0.2, -0.15) is 0 Å². The average molecular weight is 498 g/mol. The molecule has 0 aromatic heterocycles. The molecule has 1 aromatic rings. The summed E-state index contributed by atoms with van der Waals surface area (Å²) < 4.78 is 28.0. The van der Waals surface area contributed by atoms with Crippen molar-refractivity contribution < 1.29 is 13.2 Å². The quantitative estimate of drug-likeness (QED) is 0.198. The molecule has 0 saturated carbocycles. The van der Waals surface area contributed by atoms with Crippen molar-refractivity contribution in [3.05, 3.63) is 29.8 Å². The molecule has 0 heterocycles. The molecule has 4 N–H and O–H groups in total. The predicted octanol–water partition coefficient (Wildman–Crippen LogP) is 2.07. The van der Waals surface area contributed by atoms with Gasteiger partial charge in [0.1, 0.15) is 0 Å². The van der Waals surface area contributed by atoms with Gasteiger partial charge < -0.3 is 15.4 Å². The van der Waals surface area contributed by atoms with Crippen LogP contribution in [0.1, 0.15) is 32.8 Å². The highest BCUT2D eigenvalue weighted by atomic mass is 127. The molecule has 0 aliphatic heterocycles. The zero-order valence-corrected chi connectivity index (χ0v) is 18.8. The van der Waals surface area contributed by atoms with Crippen LogP contribution in [0.25, 0.3) is 0 Å². The summed E-state index contributed by atoms with van der Waals surface area (Å²) in [6.07, 6.45) is 0.903. The van der Waals surface area contributed by atoms with E-state index in [1.54, 1.807) is 12.1 Å². The van der Waals surface area contributed by atoms with Crippen LogP contribution >= 0.6 is 24.0 Å². The minimum Gasteiger partial charge on any atom is -0.381 e. The van der Waals surface area contributed by atoms with Crippen molar-refractivity contribution in [1.82, 2.24) is 10.6 Å². The molecule has 26 heavy (non-hydrogen) atoms. The summed E-state index contributed by atoms with van der Waals surface area (Å²) in [4.78, 5) is 4.60. The number of hydrogen-bond donors (Lipinski definition) is 3. The fraction of sp³-hybridized carbons (Fsp3) is 0.588. The van der Waals surface area contributed by atoms with Gasteiger partial charge in [-0.05, 0) is 37.0 Å². The first-order valence-electron chi connectivity index (χ1n) is 8.54. The lowest BCUT2D eigenvalue weighted by Gasteiger charge is -2.12. The van der Waals surface area contributed by atoms with E-state index < -0.39 is 10.0 Å². The van der Waals surface area contributed by atoms with Crippen LogP contribution in [-0.4, -0.2) is 40.7 Å². The van der Waals surface area contributed by atoms with Crippen LogP contribution < -0.4 is 15.8 Å². The lowest BCUT2D eigenvalue weighted by Crippen LogP contribution is -2.38. The van der Waals surface area contributed by atoms with Crippen molar-refractivity contribution in [2.75, 3.05) is 26.3 Å². The summed E-state index contributed by atoms with van der Waals surface area (Å²) in [6, 6.07) is 6.42. The Morgan fingerprint density at radius 2 is 1.88 bits per heavy atom. The second-order valence-electron chi connectivity index (χ2n) is 6.13. The van der Waals surface area contributed by atoms with Gasteiger partial charge in [-0.3, -0.25) is 0 Å². The Bertz CT molecular complexity index is 634. The highest BCUT2D eigenvalue weighted by Crippen LogP contribution is 2.09. The number of ether oxygens (including phenoxy) is 1. The summed E-state index contributed by atoms with van der Waals surface area (Å²) in [5, 5.41) is 11.5. The number of nitrogens with two attached hydrogens (primary N) is 1. The van der Waals surface area contributed by atoms with Crippen molar-refractivity contribution in [2.45, 2.75) is 38.6 Å². The molecule has 1 rings (SSSR count). The van der Waals surface area contributed by atoms with E-state index in [1.165, 1.54) is 12.1 Å². The SMILES string of the molecule is CCNC(=NCc1ccc(S(N)(=O)=O)cc1)NCCCOCC(C)C.I. The molecule has 0 fully saturated rings. The number of rotatable bonds is 10. The average Bonchev–Trinajstić information content (AvgIpc) is 2.55. The van der Waals surface area contributed by atoms with E-state index in [1.807, 2.05) is 6.92 Å². The molecule has 0 saturated heterocycles. The zero-order chi connectivity index (χ0) is 18.7. The molecule has 0 bridgehead atoms. The molecule has 0 aliphatic carbocycles. The van der Waals surface area contributed by atoms with Gasteiger partial charge in [-0.15, -0.1) is 24.0 Å². The van der Waals surface area contributed by atoms with Gasteiger partial charge in [0, 0.05) is 26.3 Å². The van der Waals surface area contributed by atoms with Gasteiger partial charge in [-0.1, -0.05) is 26.0 Å². The molecule has 0 amide bonds. The number of nitrogens with zero attached hydrogens (tertiary/aromatic N) is 1. The Morgan fingerprint density at radius 3 is 2.42 bits per heavy atom. The fourth-order valence-corrected chi connectivity index (χ4v) is 2.51. The van der Waals surface area contributed by atoms with Crippen LogP contribution in [0.15, 0.2) is 34.2 Å². The summed E-state index contributed by atoms with van der Waals surface area (Å²) in [7, 11) is -3.66. The highest BCUT2D eigenvalue weighted by molar-refractivity contribution is 14.0. The predicted molar refractivity (Wildman–Crippen MR) is 116 cm³/mol. The molecule has 0 atom stereocenters. The zero-order valence-electron chi connectivity index (χ0n) is 15.7. The van der Waals surface area contributed by atoms with Crippen molar-refractivity contribution in [3.63, 3.8) is 0 Å². The number of hydrogen-bond acceptors (Lipinski definition) is 4. The van der Waals surface area contributed by atoms with E-state index >= 15 is 0 Å². The maximum absolute atomic E-state index is 11.2. The van der Waals surface area contributed by atoms with Gasteiger partial charge in [0.15, 0.2) is 5.96 Å². The van der Waals surface area contributed by atoms with Crippen LogP contribution in [0.3, 0.4) is 0 Å². The smallest absolute Gasteiger partial charge is 0.238 e. The molecule has 0 spiro atoms. The van der Waals surface area contributed by atoms with E-state index in [2.05, 4.69) is 29.5 Å². The molecule has 0 radical (unpaired) electrons. The van der Waals surface area contributed by atoms with Crippen LogP contribution in [0, 0.1) is 5.92 Å². The lowest BCUT2D eigenvalue weighted by molar-refractivity contribution is 0.108. The van der Waals surface area contributed by atoms with Gasteiger partial charge in [0.05, 0.1) is 11.4 Å². The minimum atomic E-state index is -3.66. The summed E-state index contributed by atoms with van der Waals surface area (Å²) >= 11 is 0. The van der Waals surface area contributed by atoms with Crippen LogP contribution in [0.4, 0.5) is 0 Å². The second-order valence-corrected chi connectivity index (χ2v) is 7.69. The van der Waals surface area contributed by atoms with Gasteiger partial charge in [-0.25, -0.2) is 18.5 Å². The van der Waals surface area contributed by atoms with Crippen molar-refractivity contribution in [1.29, 1.82) is 0 Å². The summed E-state index contributed by atoms with van der Waals surface area (Å²) in [6.45, 7) is 9.75. The van der Waals surface area contributed by atoms with Crippen LogP contribution in [-0.2, 0) is 21.3 Å². The van der Waals surface area contributed by atoms with Crippen LogP contribution in [0.5, 0.6) is 0 Å². The van der Waals surface area contributed by atoms with Crippen molar-refractivity contribution >= 4 is 40.0 Å². The Hall–Kier alpha value is -0.910. The van der Waals surface area contributed by atoms with Gasteiger partial charge in [0.25, 0.3) is 0 Å². The highest BCUT2D eigenvalue weighted by Gasteiger charge is 2.06. The maximum atomic E-state index is 11.2. The largest absolute Gasteiger partial charge is 0.381 e. The number of sulfonamides is 1. The number of benzene rings is 1. The maximum Gasteiger partial charge on any atom is 0.238 e. The number of primary sulfonamides is 1. The monoisotopic (exact) mass is 498 g/mol. The third-order valence-corrected chi connectivity index (χ3v) is 4.15. The van der Waals surface area contributed by atoms with E-state index in [0.717, 1.165) is 44.2 Å². The molecule has 150 valence electrons. The third-order valence-electron chi connectivity index (χ3n) is 3.22. The summed E-state index contributed by atoms with van der Waals surface area (Å²) in [5.74, 6) is 1.27. The van der Waals surface area contributed by atoms with Gasteiger partial charge in [0.2, 0.25) is 10.0 Å². The normalized spacial score (nSPS) is 12.0. The Balaban J connectivity index is 0.00000625. The Kier molecular flexibility index (Phi) is 12.8. The minimum absolute atomic E-state index is 0. The lowest BCUT2D eigenvalue weighted by atomic mass is 10.2. The second kappa shape index (κ2) is 13.3. The number of halogens is 1. The number of nitrogens with one attached hydrogen (secondary N) is 2. The van der Waals surface area contributed by atoms with Crippen molar-refractivity contribution in [2.24, 2.45) is 16.0 Å². The Labute approximate surface area is 174 Å². The van der Waals surface area contributed by atoms with E-state index in [9.17, 15) is 8.42 Å². The summed E-state index contributed by atoms with van der Waals surface area (Å²) in [5.41, 5.74) is 0.907. The van der Waals surface area contributed by atoms with Gasteiger partial charge >= 0.3 is 0 Å². The van der Waals surface area contributed by atoms with E-state index in [-0.39, 0.29) is 28.9 Å². The Morgan fingerprint density at radius 1 is 1.23 bits per heavy atom. The molecule has 0 unspecified atom stereocenters. The first kappa shape index (κ1) is 25.1. The van der Waals surface area contributed by atoms with E-state index in [4.69, 9.17) is 9.88 Å². The first-order valence-corrected chi connectivity index (χ1v) is 10.1. The molecule has 1 aromatic carbocycles. The van der Waals surface area contributed by atoms with E-state index in [0.29, 0.717) is 12.5 Å². The molecular weight excluding hydrogens is 467 g/mol. The topological polar surface area (TPSA) is 106 Å². The standard InChI is InChI=1S/C17H30N4O3S.HI/c1-4-19-17(20-10-5-11-24-13-14(2)3)21-12-15-6-8-16(9-7-15)25(18,22)23;/h6-9,14H,4-5,10-13H2,1-3H3,(H2,18,22,23)(H2,19,20,21);1H. The molecule has 9 heteroatoms. The van der Waals surface area contributed by atoms with Crippen LogP contribution in [0.2, 0.25) is 0 Å². The molecule has 7 nitrogen and oxygen atoms in total. The number of guanidine groups is 1.